The minimum Gasteiger partial charge on any atom is -0.347 e. The number of hydrogen-bond acceptors (Lipinski definition) is 3. The van der Waals surface area contributed by atoms with E-state index in [9.17, 15) is 9.59 Å². The number of nitrogens with zero attached hydrogens (tertiary/aromatic N) is 1. The van der Waals surface area contributed by atoms with Crippen LogP contribution in [0.3, 0.4) is 0 Å². The fourth-order valence-corrected chi connectivity index (χ4v) is 1.96. The van der Waals surface area contributed by atoms with Gasteiger partial charge in [-0.15, -0.1) is 0 Å². The lowest BCUT2D eigenvalue weighted by Gasteiger charge is -2.24. The van der Waals surface area contributed by atoms with Crippen molar-refractivity contribution >= 4 is 11.8 Å². The second-order valence-corrected chi connectivity index (χ2v) is 6.34. The lowest BCUT2D eigenvalue weighted by molar-refractivity contribution is -0.135. The van der Waals surface area contributed by atoms with E-state index in [-0.39, 0.29) is 18.4 Å². The molecule has 1 aromatic rings. The Morgan fingerprint density at radius 3 is 2.32 bits per heavy atom. The number of rotatable bonds is 7. The first-order valence-electron chi connectivity index (χ1n) is 7.64. The van der Waals surface area contributed by atoms with Gasteiger partial charge in [0, 0.05) is 25.0 Å². The molecule has 0 aliphatic carbocycles. The molecule has 0 aliphatic rings. The summed E-state index contributed by atoms with van der Waals surface area (Å²) >= 11 is 0. The molecule has 22 heavy (non-hydrogen) atoms. The molecule has 5 nitrogen and oxygen atoms in total. The Bertz CT molecular complexity index is 480. The lowest BCUT2D eigenvalue weighted by Crippen LogP contribution is -2.45. The van der Waals surface area contributed by atoms with Crippen LogP contribution in [0.15, 0.2) is 30.3 Å². The van der Waals surface area contributed by atoms with Gasteiger partial charge in [0.15, 0.2) is 0 Å². The first-order chi connectivity index (χ1) is 10.3. The number of hydrogen-bond donors (Lipinski definition) is 2. The maximum atomic E-state index is 12.2. The summed E-state index contributed by atoms with van der Waals surface area (Å²) in [5.41, 5.74) is 6.26. The maximum Gasteiger partial charge on any atom is 0.242 e. The Hall–Kier alpha value is -1.88. The summed E-state index contributed by atoms with van der Waals surface area (Å²) in [5, 5.41) is 2.69. The van der Waals surface area contributed by atoms with Crippen molar-refractivity contribution in [3.05, 3.63) is 35.9 Å². The van der Waals surface area contributed by atoms with Crippen LogP contribution in [0.1, 0.15) is 26.3 Å². The summed E-state index contributed by atoms with van der Waals surface area (Å²) in [4.78, 5) is 25.8. The molecule has 1 aromatic carbocycles. The Labute approximate surface area is 132 Å². The van der Waals surface area contributed by atoms with Crippen molar-refractivity contribution in [1.29, 1.82) is 0 Å². The zero-order chi connectivity index (χ0) is 16.6. The van der Waals surface area contributed by atoms with Crippen molar-refractivity contribution < 1.29 is 9.59 Å². The van der Waals surface area contributed by atoms with Gasteiger partial charge in [-0.05, 0) is 12.0 Å². The molecule has 0 atom stereocenters. The van der Waals surface area contributed by atoms with E-state index < -0.39 is 5.41 Å². The van der Waals surface area contributed by atoms with Gasteiger partial charge >= 0.3 is 0 Å². The van der Waals surface area contributed by atoms with Crippen LogP contribution in [-0.2, 0) is 16.0 Å². The highest BCUT2D eigenvalue weighted by atomic mass is 16.2. The van der Waals surface area contributed by atoms with Gasteiger partial charge in [-0.3, -0.25) is 9.59 Å². The van der Waals surface area contributed by atoms with E-state index in [1.165, 1.54) is 5.56 Å². The molecule has 0 unspecified atom stereocenters. The molecule has 0 bridgehead atoms. The molecule has 0 aliphatic heterocycles. The van der Waals surface area contributed by atoms with Gasteiger partial charge in [0.2, 0.25) is 11.8 Å². The summed E-state index contributed by atoms with van der Waals surface area (Å²) in [5.74, 6) is -0.226. The van der Waals surface area contributed by atoms with Gasteiger partial charge in [0.05, 0.1) is 6.54 Å². The third-order valence-electron chi connectivity index (χ3n) is 3.35. The van der Waals surface area contributed by atoms with Crippen molar-refractivity contribution in [3.8, 4) is 0 Å². The van der Waals surface area contributed by atoms with Crippen LogP contribution in [0, 0.1) is 5.41 Å². The number of carbonyl (C=O) groups excluding carboxylic acids is 2. The predicted molar refractivity (Wildman–Crippen MR) is 88.2 cm³/mol. The van der Waals surface area contributed by atoms with Gasteiger partial charge in [-0.1, -0.05) is 51.1 Å². The van der Waals surface area contributed by atoms with Gasteiger partial charge < -0.3 is 16.0 Å². The van der Waals surface area contributed by atoms with Crippen LogP contribution in [0.2, 0.25) is 0 Å². The third-order valence-corrected chi connectivity index (χ3v) is 3.35. The van der Waals surface area contributed by atoms with Crippen molar-refractivity contribution in [2.24, 2.45) is 11.1 Å². The van der Waals surface area contributed by atoms with Crippen molar-refractivity contribution in [2.75, 3.05) is 26.2 Å². The van der Waals surface area contributed by atoms with E-state index in [2.05, 4.69) is 5.32 Å². The summed E-state index contributed by atoms with van der Waals surface area (Å²) in [6.45, 7) is 6.99. The highest BCUT2D eigenvalue weighted by Gasteiger charge is 2.22. The number of carbonyl (C=O) groups is 2. The van der Waals surface area contributed by atoms with Crippen LogP contribution < -0.4 is 11.1 Å². The number of nitrogens with two attached hydrogens (primary N) is 1. The SMILES string of the molecule is CC(C)(C)C(=O)NCC(=O)N(CCN)CCc1ccccc1. The molecule has 3 N–H and O–H groups in total. The topological polar surface area (TPSA) is 75.4 Å². The van der Waals surface area contributed by atoms with Crippen LogP contribution in [0.5, 0.6) is 0 Å². The van der Waals surface area contributed by atoms with Gasteiger partial charge in [0.25, 0.3) is 0 Å². The fraction of sp³-hybridized carbons (Fsp3) is 0.529. The van der Waals surface area contributed by atoms with E-state index in [1.54, 1.807) is 4.90 Å². The Morgan fingerprint density at radius 1 is 1.14 bits per heavy atom. The van der Waals surface area contributed by atoms with E-state index in [0.29, 0.717) is 19.6 Å². The largest absolute Gasteiger partial charge is 0.347 e. The molecule has 0 spiro atoms. The van der Waals surface area contributed by atoms with Gasteiger partial charge in [-0.2, -0.15) is 0 Å². The highest BCUT2D eigenvalue weighted by Crippen LogP contribution is 2.12. The second kappa shape index (κ2) is 8.54. The minimum absolute atomic E-state index is 0.0187. The van der Waals surface area contributed by atoms with E-state index >= 15 is 0 Å². The highest BCUT2D eigenvalue weighted by molar-refractivity contribution is 5.87. The zero-order valence-corrected chi connectivity index (χ0v) is 13.8. The normalized spacial score (nSPS) is 11.1. The smallest absolute Gasteiger partial charge is 0.242 e. The van der Waals surface area contributed by atoms with Gasteiger partial charge in [-0.25, -0.2) is 0 Å². The maximum absolute atomic E-state index is 12.2. The fourth-order valence-electron chi connectivity index (χ4n) is 1.96. The Kier molecular flexibility index (Phi) is 7.05. The first-order valence-corrected chi connectivity index (χ1v) is 7.64. The Balaban J connectivity index is 2.51. The molecule has 0 fully saturated rings. The molecular weight excluding hydrogens is 278 g/mol. The Morgan fingerprint density at radius 2 is 1.77 bits per heavy atom. The molecule has 0 saturated carbocycles. The van der Waals surface area contributed by atoms with Crippen LogP contribution >= 0.6 is 0 Å². The summed E-state index contributed by atoms with van der Waals surface area (Å²) < 4.78 is 0. The standard InChI is InChI=1S/C17H27N3O2/c1-17(2,3)16(22)19-13-15(21)20(12-10-18)11-9-14-7-5-4-6-8-14/h4-8H,9-13,18H2,1-3H3,(H,19,22). The zero-order valence-electron chi connectivity index (χ0n) is 13.8. The van der Waals surface area contributed by atoms with Crippen LogP contribution in [0.4, 0.5) is 0 Å². The predicted octanol–water partition coefficient (Wildman–Crippen LogP) is 1.18. The second-order valence-electron chi connectivity index (χ2n) is 6.34. The van der Waals surface area contributed by atoms with Crippen LogP contribution in [-0.4, -0.2) is 42.9 Å². The molecule has 122 valence electrons. The van der Waals surface area contributed by atoms with Crippen molar-refractivity contribution in [2.45, 2.75) is 27.2 Å². The average molecular weight is 305 g/mol. The van der Waals surface area contributed by atoms with Crippen LogP contribution in [0.25, 0.3) is 0 Å². The molecule has 2 amide bonds. The minimum atomic E-state index is -0.497. The van der Waals surface area contributed by atoms with Crippen molar-refractivity contribution in [1.82, 2.24) is 10.2 Å². The lowest BCUT2D eigenvalue weighted by atomic mass is 9.96. The molecule has 5 heteroatoms. The van der Waals surface area contributed by atoms with Crippen molar-refractivity contribution in [3.63, 3.8) is 0 Å². The molecule has 1 rings (SSSR count). The average Bonchev–Trinajstić information content (AvgIpc) is 2.48. The molecular formula is C17H27N3O2. The molecule has 0 heterocycles. The number of amides is 2. The molecule has 0 saturated heterocycles. The quantitative estimate of drug-likeness (QED) is 0.794. The van der Waals surface area contributed by atoms with E-state index in [4.69, 9.17) is 5.73 Å². The molecule has 0 aromatic heterocycles. The van der Waals surface area contributed by atoms with Gasteiger partial charge in [0.1, 0.15) is 0 Å². The van der Waals surface area contributed by atoms with E-state index in [1.807, 2.05) is 51.1 Å². The first kappa shape index (κ1) is 18.2. The monoisotopic (exact) mass is 305 g/mol. The summed E-state index contributed by atoms with van der Waals surface area (Å²) in [6, 6.07) is 10.00. The number of nitrogens with one attached hydrogen (secondary N) is 1. The number of benzene rings is 1. The summed E-state index contributed by atoms with van der Waals surface area (Å²) in [6.07, 6.45) is 0.778. The third kappa shape index (κ3) is 6.26. The molecule has 0 radical (unpaired) electrons. The summed E-state index contributed by atoms with van der Waals surface area (Å²) in [7, 11) is 0. The van der Waals surface area contributed by atoms with E-state index in [0.717, 1.165) is 6.42 Å².